The summed E-state index contributed by atoms with van der Waals surface area (Å²) >= 11 is 0. The van der Waals surface area contributed by atoms with Crippen LogP contribution in [0.15, 0.2) is 90.0 Å². The molecule has 7 heteroatoms. The molecule has 0 aromatic heterocycles. The van der Waals surface area contributed by atoms with Crippen molar-refractivity contribution in [2.24, 2.45) is 5.10 Å². The summed E-state index contributed by atoms with van der Waals surface area (Å²) in [5.41, 5.74) is 8.05. The molecule has 0 aliphatic heterocycles. The Kier molecular flexibility index (Phi) is 8.53. The van der Waals surface area contributed by atoms with Crippen LogP contribution in [-0.2, 0) is 9.59 Å². The van der Waals surface area contributed by atoms with E-state index in [1.807, 2.05) is 60.7 Å². The summed E-state index contributed by atoms with van der Waals surface area (Å²) in [6, 6.07) is 28.2. The molecule has 3 N–H and O–H groups in total. The van der Waals surface area contributed by atoms with Gasteiger partial charge in [-0.3, -0.25) is 14.8 Å². The molecule has 0 fully saturated rings. The summed E-state index contributed by atoms with van der Waals surface area (Å²) in [5, 5.41) is 12.4. The number of hydrazone groups is 1. The maximum atomic E-state index is 11.8. The minimum absolute atomic E-state index is 0.183. The Morgan fingerprint density at radius 3 is 1.78 bits per heavy atom. The number of amides is 2. The summed E-state index contributed by atoms with van der Waals surface area (Å²) in [4.78, 5) is 24.9. The number of benzene rings is 3. The molecule has 0 aliphatic carbocycles. The second-order valence-corrected chi connectivity index (χ2v) is 7.13. The Morgan fingerprint density at radius 1 is 0.750 bits per heavy atom. The molecule has 0 atom stereocenters. The number of para-hydroxylation sites is 2. The highest BCUT2D eigenvalue weighted by Crippen LogP contribution is 2.33. The molecule has 3 rings (SSSR count). The van der Waals surface area contributed by atoms with E-state index in [1.54, 1.807) is 11.7 Å². The van der Waals surface area contributed by atoms with Crippen LogP contribution in [0.2, 0.25) is 0 Å². The number of hydrogen-bond acceptors (Lipinski definition) is 5. The van der Waals surface area contributed by atoms with E-state index in [1.165, 1.54) is 0 Å². The Bertz CT molecular complexity index is 983. The maximum Gasteiger partial charge on any atom is 0.243 e. The van der Waals surface area contributed by atoms with E-state index in [0.29, 0.717) is 12.8 Å². The van der Waals surface area contributed by atoms with Gasteiger partial charge >= 0.3 is 0 Å². The number of carbonyl (C=O) groups is 2. The van der Waals surface area contributed by atoms with Crippen molar-refractivity contribution in [3.63, 3.8) is 0 Å². The molecule has 2 amide bonds. The zero-order chi connectivity index (χ0) is 22.6. The fourth-order valence-electron chi connectivity index (χ4n) is 3.17. The van der Waals surface area contributed by atoms with Crippen molar-refractivity contribution in [1.29, 1.82) is 0 Å². The van der Waals surface area contributed by atoms with Crippen LogP contribution in [0.3, 0.4) is 0 Å². The highest BCUT2D eigenvalue weighted by Gasteiger charge is 2.11. The SMILES string of the molecule is O=C(CCCCC(=O)N/N=C/c1ccc(N(c2ccccc2)c2ccccc2)cc1)NO. The quantitative estimate of drug-likeness (QED) is 0.189. The lowest BCUT2D eigenvalue weighted by molar-refractivity contribution is -0.129. The van der Waals surface area contributed by atoms with Gasteiger partial charge < -0.3 is 4.90 Å². The molecule has 0 heterocycles. The fraction of sp³-hybridized carbons (Fsp3) is 0.160. The summed E-state index contributed by atoms with van der Waals surface area (Å²) in [6.07, 6.45) is 3.10. The first-order valence-electron chi connectivity index (χ1n) is 10.4. The van der Waals surface area contributed by atoms with Gasteiger partial charge in [-0.05, 0) is 54.8 Å². The van der Waals surface area contributed by atoms with Gasteiger partial charge in [-0.2, -0.15) is 5.10 Å². The highest BCUT2D eigenvalue weighted by molar-refractivity contribution is 5.84. The number of hydrogen-bond donors (Lipinski definition) is 3. The van der Waals surface area contributed by atoms with Gasteiger partial charge in [-0.1, -0.05) is 48.5 Å². The lowest BCUT2D eigenvalue weighted by Crippen LogP contribution is -2.19. The standard InChI is InChI=1S/C25H26N4O3/c30-24(13-7-8-14-25(31)28-32)27-26-19-20-15-17-23(18-16-20)29(21-9-3-1-4-10-21)22-11-5-2-6-12-22/h1-6,9-12,15-19,32H,7-8,13-14H2,(H,27,30)(H,28,31)/b26-19+. The first-order valence-corrected chi connectivity index (χ1v) is 10.4. The molecule has 3 aromatic rings. The first kappa shape index (κ1) is 22.7. The third-order valence-electron chi connectivity index (χ3n) is 4.77. The van der Waals surface area contributed by atoms with Crippen LogP contribution in [0.1, 0.15) is 31.2 Å². The Morgan fingerprint density at radius 2 is 1.25 bits per heavy atom. The Labute approximate surface area is 187 Å². The number of carbonyl (C=O) groups excluding carboxylic acids is 2. The molecule has 164 valence electrons. The van der Waals surface area contributed by atoms with Gasteiger partial charge in [0.25, 0.3) is 0 Å². The molecule has 0 spiro atoms. The normalized spacial score (nSPS) is 10.7. The van der Waals surface area contributed by atoms with E-state index in [4.69, 9.17) is 5.21 Å². The molecule has 0 bridgehead atoms. The van der Waals surface area contributed by atoms with Crippen molar-refractivity contribution < 1.29 is 14.8 Å². The average Bonchev–Trinajstić information content (AvgIpc) is 2.84. The van der Waals surface area contributed by atoms with Crippen LogP contribution < -0.4 is 15.8 Å². The largest absolute Gasteiger partial charge is 0.311 e. The highest BCUT2D eigenvalue weighted by atomic mass is 16.5. The van der Waals surface area contributed by atoms with Crippen LogP contribution in [0.5, 0.6) is 0 Å². The third kappa shape index (κ3) is 6.78. The van der Waals surface area contributed by atoms with Crippen molar-refractivity contribution in [2.45, 2.75) is 25.7 Å². The second-order valence-electron chi connectivity index (χ2n) is 7.13. The van der Waals surface area contributed by atoms with Crippen LogP contribution in [0, 0.1) is 0 Å². The minimum atomic E-state index is -0.454. The molecule has 3 aromatic carbocycles. The van der Waals surface area contributed by atoms with Crippen LogP contribution >= 0.6 is 0 Å². The number of unbranched alkanes of at least 4 members (excludes halogenated alkanes) is 1. The Hall–Kier alpha value is -3.97. The number of hydroxylamine groups is 1. The molecule has 32 heavy (non-hydrogen) atoms. The summed E-state index contributed by atoms with van der Waals surface area (Å²) in [7, 11) is 0. The molecular formula is C25H26N4O3. The van der Waals surface area contributed by atoms with E-state index in [2.05, 4.69) is 39.7 Å². The summed E-state index contributed by atoms with van der Waals surface area (Å²) in [6.45, 7) is 0. The second kappa shape index (κ2) is 12.0. The van der Waals surface area contributed by atoms with E-state index >= 15 is 0 Å². The first-order chi connectivity index (χ1) is 15.7. The van der Waals surface area contributed by atoms with Crippen molar-refractivity contribution in [1.82, 2.24) is 10.9 Å². The minimum Gasteiger partial charge on any atom is -0.311 e. The maximum absolute atomic E-state index is 11.8. The Balaban J connectivity index is 1.60. The van der Waals surface area contributed by atoms with Crippen LogP contribution in [-0.4, -0.2) is 23.2 Å². The third-order valence-corrected chi connectivity index (χ3v) is 4.77. The van der Waals surface area contributed by atoms with Gasteiger partial charge in [-0.25, -0.2) is 10.9 Å². The van der Waals surface area contributed by atoms with Gasteiger partial charge in [0.05, 0.1) is 6.21 Å². The molecular weight excluding hydrogens is 404 g/mol. The topological polar surface area (TPSA) is 94.0 Å². The molecule has 0 aliphatic rings. The smallest absolute Gasteiger partial charge is 0.243 e. The van der Waals surface area contributed by atoms with E-state index in [0.717, 1.165) is 22.6 Å². The van der Waals surface area contributed by atoms with Crippen molar-refractivity contribution in [3.05, 3.63) is 90.5 Å². The molecule has 0 saturated carbocycles. The summed E-state index contributed by atoms with van der Waals surface area (Å²) in [5.74, 6) is -0.674. The number of rotatable bonds is 10. The molecule has 0 saturated heterocycles. The molecule has 0 radical (unpaired) electrons. The van der Waals surface area contributed by atoms with Gasteiger partial charge in [0.2, 0.25) is 11.8 Å². The number of anilines is 3. The van der Waals surface area contributed by atoms with Gasteiger partial charge in [0.15, 0.2) is 0 Å². The van der Waals surface area contributed by atoms with Crippen molar-refractivity contribution in [2.75, 3.05) is 4.90 Å². The fourth-order valence-corrected chi connectivity index (χ4v) is 3.17. The predicted octanol–water partition coefficient (Wildman–Crippen LogP) is 4.67. The van der Waals surface area contributed by atoms with Gasteiger partial charge in [-0.15, -0.1) is 0 Å². The monoisotopic (exact) mass is 430 g/mol. The lowest BCUT2D eigenvalue weighted by Gasteiger charge is -2.25. The summed E-state index contributed by atoms with van der Waals surface area (Å²) < 4.78 is 0. The number of nitrogens with one attached hydrogen (secondary N) is 2. The van der Waals surface area contributed by atoms with E-state index in [9.17, 15) is 9.59 Å². The predicted molar refractivity (Wildman–Crippen MR) is 125 cm³/mol. The lowest BCUT2D eigenvalue weighted by atomic mass is 10.1. The zero-order valence-electron chi connectivity index (χ0n) is 17.6. The van der Waals surface area contributed by atoms with E-state index in [-0.39, 0.29) is 18.7 Å². The molecule has 0 unspecified atom stereocenters. The number of nitrogens with zero attached hydrogens (tertiary/aromatic N) is 2. The van der Waals surface area contributed by atoms with E-state index < -0.39 is 5.91 Å². The zero-order valence-corrected chi connectivity index (χ0v) is 17.6. The molecule has 7 nitrogen and oxygen atoms in total. The van der Waals surface area contributed by atoms with Crippen molar-refractivity contribution in [3.8, 4) is 0 Å². The van der Waals surface area contributed by atoms with Gasteiger partial charge in [0.1, 0.15) is 0 Å². The van der Waals surface area contributed by atoms with Crippen LogP contribution in [0.4, 0.5) is 17.1 Å². The van der Waals surface area contributed by atoms with Gasteiger partial charge in [0, 0.05) is 29.9 Å². The van der Waals surface area contributed by atoms with Crippen molar-refractivity contribution >= 4 is 35.1 Å². The average molecular weight is 431 g/mol. The van der Waals surface area contributed by atoms with Crippen LogP contribution in [0.25, 0.3) is 0 Å².